The van der Waals surface area contributed by atoms with E-state index < -0.39 is 5.97 Å². The van der Waals surface area contributed by atoms with Crippen LogP contribution in [0.4, 0.5) is 0 Å². The van der Waals surface area contributed by atoms with Gasteiger partial charge in [0.25, 0.3) is 0 Å². The van der Waals surface area contributed by atoms with Gasteiger partial charge in [0.2, 0.25) is 0 Å². The largest absolute Gasteiger partial charge is 0.478 e. The quantitative estimate of drug-likeness (QED) is 0.652. The molecule has 25 heavy (non-hydrogen) atoms. The molecule has 4 nitrogen and oxygen atoms in total. The fourth-order valence-corrected chi connectivity index (χ4v) is 2.93. The number of halogens is 1. The Balaban J connectivity index is 2.20. The predicted molar refractivity (Wildman–Crippen MR) is 100 cm³/mol. The summed E-state index contributed by atoms with van der Waals surface area (Å²) in [6.45, 7) is 1.93. The van der Waals surface area contributed by atoms with Crippen molar-refractivity contribution in [1.82, 2.24) is 9.78 Å². The Kier molecular flexibility index (Phi) is 5.00. The number of carboxylic acid groups (broad SMARTS) is 1. The Morgan fingerprint density at radius 3 is 2.36 bits per heavy atom. The van der Waals surface area contributed by atoms with Crippen molar-refractivity contribution in [3.8, 4) is 11.3 Å². The predicted octanol–water partition coefficient (Wildman–Crippen LogP) is 5.07. The number of allylic oxidation sites excluding steroid dienone is 1. The van der Waals surface area contributed by atoms with Gasteiger partial charge >= 0.3 is 5.97 Å². The second-order valence-corrected chi connectivity index (χ2v) is 5.92. The van der Waals surface area contributed by atoms with Gasteiger partial charge < -0.3 is 5.11 Å². The van der Waals surface area contributed by atoms with E-state index in [-0.39, 0.29) is 5.57 Å². The van der Waals surface area contributed by atoms with E-state index in [1.165, 1.54) is 0 Å². The number of nitrogens with zero attached hydrogens (tertiary/aromatic N) is 2. The minimum atomic E-state index is -0.972. The Labute approximate surface area is 151 Å². The molecule has 1 heterocycles. The second kappa shape index (κ2) is 7.36. The van der Waals surface area contributed by atoms with Crippen LogP contribution in [0.15, 0.2) is 66.9 Å². The van der Waals surface area contributed by atoms with Gasteiger partial charge in [0.15, 0.2) is 0 Å². The fourth-order valence-electron chi connectivity index (χ4n) is 2.81. The molecule has 0 aliphatic rings. The van der Waals surface area contributed by atoms with Gasteiger partial charge in [-0.15, -0.1) is 0 Å². The van der Waals surface area contributed by atoms with Gasteiger partial charge in [-0.05, 0) is 30.2 Å². The van der Waals surface area contributed by atoms with Crippen molar-refractivity contribution in [1.29, 1.82) is 0 Å². The number of aliphatic carboxylic acids is 1. The van der Waals surface area contributed by atoms with Gasteiger partial charge in [0, 0.05) is 10.6 Å². The summed E-state index contributed by atoms with van der Waals surface area (Å²) in [5.41, 5.74) is 3.29. The van der Waals surface area contributed by atoms with Crippen LogP contribution in [0.3, 0.4) is 0 Å². The smallest absolute Gasteiger partial charge is 0.338 e. The first-order valence-corrected chi connectivity index (χ1v) is 8.31. The highest BCUT2D eigenvalue weighted by atomic mass is 35.5. The van der Waals surface area contributed by atoms with Gasteiger partial charge in [-0.2, -0.15) is 5.10 Å². The monoisotopic (exact) mass is 352 g/mol. The third-order valence-corrected chi connectivity index (χ3v) is 4.19. The third kappa shape index (κ3) is 3.49. The number of carbonyl (C=O) groups is 1. The van der Waals surface area contributed by atoms with Crippen LogP contribution in [0.2, 0.25) is 5.02 Å². The molecule has 0 radical (unpaired) electrons. The Hall–Kier alpha value is -2.85. The van der Waals surface area contributed by atoms with Gasteiger partial charge in [0.05, 0.1) is 23.2 Å². The number of carboxylic acids is 1. The lowest BCUT2D eigenvalue weighted by atomic mass is 10.0. The first-order chi connectivity index (χ1) is 12.1. The summed E-state index contributed by atoms with van der Waals surface area (Å²) in [7, 11) is 0. The van der Waals surface area contributed by atoms with Crippen molar-refractivity contribution in [3.05, 3.63) is 77.4 Å². The molecule has 126 valence electrons. The maximum atomic E-state index is 12.0. The third-order valence-electron chi connectivity index (χ3n) is 3.94. The lowest BCUT2D eigenvalue weighted by molar-refractivity contribution is -0.130. The summed E-state index contributed by atoms with van der Waals surface area (Å²) in [5.74, 6) is -0.972. The summed E-state index contributed by atoms with van der Waals surface area (Å²) in [4.78, 5) is 12.0. The standard InChI is InChI=1S/C20H17ClN2O2/c1-2-17(19(20(24)25)15-6-4-3-5-7-15)23-18(12-13-22-23)14-8-10-16(21)11-9-14/h3-13H,2H2,1H3,(H,24,25)/b19-17-. The fraction of sp³-hybridized carbons (Fsp3) is 0.100. The zero-order valence-electron chi connectivity index (χ0n) is 13.7. The number of hydrogen-bond acceptors (Lipinski definition) is 2. The van der Waals surface area contributed by atoms with Crippen LogP contribution < -0.4 is 0 Å². The molecule has 0 atom stereocenters. The molecule has 0 saturated carbocycles. The van der Waals surface area contributed by atoms with Crippen LogP contribution >= 0.6 is 11.6 Å². The molecule has 0 aliphatic heterocycles. The highest BCUT2D eigenvalue weighted by Gasteiger charge is 2.19. The Morgan fingerprint density at radius 1 is 1.08 bits per heavy atom. The van der Waals surface area contributed by atoms with E-state index in [4.69, 9.17) is 11.6 Å². The molecule has 3 aromatic rings. The molecular formula is C20H17ClN2O2. The molecule has 1 N–H and O–H groups in total. The average molecular weight is 353 g/mol. The molecule has 0 fully saturated rings. The van der Waals surface area contributed by atoms with Crippen LogP contribution in [0.1, 0.15) is 18.9 Å². The zero-order valence-corrected chi connectivity index (χ0v) is 14.4. The minimum absolute atomic E-state index is 0.252. The summed E-state index contributed by atoms with van der Waals surface area (Å²) in [6.07, 6.45) is 2.20. The van der Waals surface area contributed by atoms with Crippen molar-refractivity contribution in [2.24, 2.45) is 0 Å². The lowest BCUT2D eigenvalue weighted by Gasteiger charge is -2.15. The van der Waals surface area contributed by atoms with Crippen molar-refractivity contribution in [2.45, 2.75) is 13.3 Å². The van der Waals surface area contributed by atoms with E-state index in [1.807, 2.05) is 43.3 Å². The van der Waals surface area contributed by atoms with Gasteiger partial charge in [0.1, 0.15) is 0 Å². The Morgan fingerprint density at radius 2 is 1.76 bits per heavy atom. The van der Waals surface area contributed by atoms with Crippen LogP contribution in [-0.2, 0) is 4.79 Å². The van der Waals surface area contributed by atoms with Crippen molar-refractivity contribution >= 4 is 28.8 Å². The van der Waals surface area contributed by atoms with Crippen molar-refractivity contribution in [2.75, 3.05) is 0 Å². The maximum Gasteiger partial charge on any atom is 0.338 e. The molecule has 0 aliphatic carbocycles. The summed E-state index contributed by atoms with van der Waals surface area (Å²) in [5, 5.41) is 14.8. The molecule has 0 saturated heterocycles. The van der Waals surface area contributed by atoms with Crippen LogP contribution in [-0.4, -0.2) is 20.9 Å². The molecule has 2 aromatic carbocycles. The lowest BCUT2D eigenvalue weighted by Crippen LogP contribution is -2.10. The minimum Gasteiger partial charge on any atom is -0.478 e. The van der Waals surface area contributed by atoms with Crippen LogP contribution in [0.5, 0.6) is 0 Å². The number of hydrogen-bond donors (Lipinski definition) is 1. The Bertz CT molecular complexity index is 912. The van der Waals surface area contributed by atoms with E-state index >= 15 is 0 Å². The highest BCUT2D eigenvalue weighted by Crippen LogP contribution is 2.29. The van der Waals surface area contributed by atoms with E-state index in [1.54, 1.807) is 35.1 Å². The number of aromatic nitrogens is 2. The van der Waals surface area contributed by atoms with Gasteiger partial charge in [-0.25, -0.2) is 9.48 Å². The number of benzene rings is 2. The molecular weight excluding hydrogens is 336 g/mol. The first kappa shape index (κ1) is 17.0. The second-order valence-electron chi connectivity index (χ2n) is 5.48. The first-order valence-electron chi connectivity index (χ1n) is 7.94. The van der Waals surface area contributed by atoms with E-state index in [0.717, 1.165) is 11.3 Å². The van der Waals surface area contributed by atoms with E-state index in [0.29, 0.717) is 22.7 Å². The van der Waals surface area contributed by atoms with E-state index in [9.17, 15) is 9.90 Å². The summed E-state index contributed by atoms with van der Waals surface area (Å²) in [6, 6.07) is 18.4. The molecule has 0 unspecified atom stereocenters. The molecule has 5 heteroatoms. The summed E-state index contributed by atoms with van der Waals surface area (Å²) >= 11 is 5.97. The molecule has 0 spiro atoms. The maximum absolute atomic E-state index is 12.0. The van der Waals surface area contributed by atoms with Crippen molar-refractivity contribution in [3.63, 3.8) is 0 Å². The molecule has 0 amide bonds. The van der Waals surface area contributed by atoms with E-state index in [2.05, 4.69) is 5.10 Å². The number of rotatable bonds is 5. The van der Waals surface area contributed by atoms with Crippen LogP contribution in [0.25, 0.3) is 22.5 Å². The zero-order chi connectivity index (χ0) is 17.8. The SMILES string of the molecule is CC/C(=C(/C(=O)O)c1ccccc1)n1nccc1-c1ccc(Cl)cc1. The van der Waals surface area contributed by atoms with Crippen molar-refractivity contribution < 1.29 is 9.90 Å². The van der Waals surface area contributed by atoms with Gasteiger partial charge in [-0.1, -0.05) is 61.0 Å². The average Bonchev–Trinajstić information content (AvgIpc) is 3.10. The normalized spacial score (nSPS) is 11.9. The van der Waals surface area contributed by atoms with Gasteiger partial charge in [-0.3, -0.25) is 0 Å². The molecule has 3 rings (SSSR count). The summed E-state index contributed by atoms with van der Waals surface area (Å²) < 4.78 is 1.69. The molecule has 1 aromatic heterocycles. The highest BCUT2D eigenvalue weighted by molar-refractivity contribution is 6.30. The van der Waals surface area contributed by atoms with Crippen LogP contribution in [0, 0.1) is 0 Å². The topological polar surface area (TPSA) is 55.1 Å². The molecule has 0 bridgehead atoms.